The van der Waals surface area contributed by atoms with E-state index in [0.717, 1.165) is 38.0 Å². The van der Waals surface area contributed by atoms with Crippen molar-refractivity contribution in [3.8, 4) is 6.07 Å². The van der Waals surface area contributed by atoms with E-state index in [1.54, 1.807) is 0 Å². The van der Waals surface area contributed by atoms with E-state index < -0.39 is 0 Å². The number of rotatable bonds is 4. The molecule has 23 heavy (non-hydrogen) atoms. The topological polar surface area (TPSA) is 52.2 Å². The van der Waals surface area contributed by atoms with E-state index in [2.05, 4.69) is 23.1 Å². The molecule has 2 heterocycles. The summed E-state index contributed by atoms with van der Waals surface area (Å²) >= 11 is 0. The maximum atomic E-state index is 10.1. The Morgan fingerprint density at radius 3 is 2.74 bits per heavy atom. The molecule has 0 amide bonds. The number of nitriles is 1. The van der Waals surface area contributed by atoms with Crippen molar-refractivity contribution < 1.29 is 5.11 Å². The summed E-state index contributed by atoms with van der Waals surface area (Å²) in [5.74, 6) is 0. The number of aryl methyl sites for hydroxylation is 1. The first-order valence-electron chi connectivity index (χ1n) is 8.11. The Balaban J connectivity index is 1.78. The normalized spacial score (nSPS) is 22.0. The summed E-state index contributed by atoms with van der Waals surface area (Å²) in [6, 6.07) is 14.5. The van der Waals surface area contributed by atoms with Crippen LogP contribution in [0, 0.1) is 11.3 Å². The monoisotopic (exact) mass is 309 g/mol. The van der Waals surface area contributed by atoms with Crippen molar-refractivity contribution in [3.05, 3.63) is 59.4 Å². The number of hydrogen-bond donors (Lipinski definition) is 1. The first-order valence-corrected chi connectivity index (χ1v) is 8.11. The van der Waals surface area contributed by atoms with E-state index >= 15 is 0 Å². The highest BCUT2D eigenvalue weighted by Crippen LogP contribution is 2.34. The van der Waals surface area contributed by atoms with Crippen molar-refractivity contribution in [2.24, 2.45) is 7.05 Å². The molecule has 1 aromatic carbocycles. The maximum Gasteiger partial charge on any atom is 0.120 e. The highest BCUT2D eigenvalue weighted by Gasteiger charge is 2.36. The van der Waals surface area contributed by atoms with Gasteiger partial charge in [0.15, 0.2) is 0 Å². The van der Waals surface area contributed by atoms with Crippen molar-refractivity contribution in [3.63, 3.8) is 0 Å². The number of hydrogen-bond acceptors (Lipinski definition) is 3. The summed E-state index contributed by atoms with van der Waals surface area (Å²) in [7, 11) is 1.90. The minimum atomic E-state index is -0.174. The van der Waals surface area contributed by atoms with Gasteiger partial charge in [-0.2, -0.15) is 5.26 Å². The van der Waals surface area contributed by atoms with Gasteiger partial charge in [-0.25, -0.2) is 0 Å². The molecular formula is C19H23N3O. The third-order valence-corrected chi connectivity index (χ3v) is 4.93. The van der Waals surface area contributed by atoms with Crippen LogP contribution in [0.4, 0.5) is 0 Å². The first-order chi connectivity index (χ1) is 11.2. The van der Waals surface area contributed by atoms with Gasteiger partial charge in [0.2, 0.25) is 0 Å². The van der Waals surface area contributed by atoms with Crippen LogP contribution in [-0.2, 0) is 19.0 Å². The second-order valence-electron chi connectivity index (χ2n) is 6.57. The minimum Gasteiger partial charge on any atom is -0.395 e. The predicted molar refractivity (Wildman–Crippen MR) is 89.8 cm³/mol. The minimum absolute atomic E-state index is 0.172. The van der Waals surface area contributed by atoms with Crippen molar-refractivity contribution in [2.45, 2.75) is 24.8 Å². The van der Waals surface area contributed by atoms with Gasteiger partial charge in [-0.05, 0) is 36.6 Å². The fraction of sp³-hybridized carbons (Fsp3) is 0.421. The van der Waals surface area contributed by atoms with E-state index in [-0.39, 0.29) is 12.0 Å². The fourth-order valence-corrected chi connectivity index (χ4v) is 3.70. The van der Waals surface area contributed by atoms with Crippen LogP contribution < -0.4 is 0 Å². The van der Waals surface area contributed by atoms with E-state index in [1.165, 1.54) is 5.56 Å². The van der Waals surface area contributed by atoms with Gasteiger partial charge in [-0.3, -0.25) is 4.90 Å². The molecule has 2 aromatic rings. The molecule has 4 heteroatoms. The second kappa shape index (κ2) is 6.57. The van der Waals surface area contributed by atoms with Gasteiger partial charge in [-0.15, -0.1) is 0 Å². The summed E-state index contributed by atoms with van der Waals surface area (Å²) in [6.07, 6.45) is 4.12. The van der Waals surface area contributed by atoms with Crippen LogP contribution in [0.1, 0.15) is 29.7 Å². The van der Waals surface area contributed by atoms with Crippen LogP contribution in [0.2, 0.25) is 0 Å². The number of aromatic nitrogens is 1. The van der Waals surface area contributed by atoms with Gasteiger partial charge in [-0.1, -0.05) is 30.3 Å². The average molecular weight is 309 g/mol. The molecule has 120 valence electrons. The lowest BCUT2D eigenvalue weighted by atomic mass is 9.74. The molecule has 1 fully saturated rings. The quantitative estimate of drug-likeness (QED) is 0.943. The molecule has 0 spiro atoms. The lowest BCUT2D eigenvalue weighted by Gasteiger charge is -2.42. The van der Waals surface area contributed by atoms with Crippen LogP contribution in [-0.4, -0.2) is 34.3 Å². The lowest BCUT2D eigenvalue weighted by molar-refractivity contribution is 0.0850. The van der Waals surface area contributed by atoms with E-state index in [9.17, 15) is 5.11 Å². The Labute approximate surface area is 137 Å². The molecule has 1 atom stereocenters. The average Bonchev–Trinajstić information content (AvgIpc) is 2.95. The Morgan fingerprint density at radius 1 is 1.30 bits per heavy atom. The molecule has 1 aromatic heterocycles. The molecule has 0 bridgehead atoms. The molecule has 0 radical (unpaired) electrons. The number of benzene rings is 1. The number of aliphatic hydroxyl groups is 1. The predicted octanol–water partition coefficient (Wildman–Crippen LogP) is 2.42. The van der Waals surface area contributed by atoms with E-state index in [1.807, 2.05) is 42.1 Å². The Hall–Kier alpha value is -2.09. The Kier molecular flexibility index (Phi) is 4.51. The van der Waals surface area contributed by atoms with Gasteiger partial charge in [0, 0.05) is 31.7 Å². The van der Waals surface area contributed by atoms with Crippen molar-refractivity contribution in [2.75, 3.05) is 19.7 Å². The number of likely N-dealkylation sites (tertiary alicyclic amines) is 1. The molecule has 1 N–H and O–H groups in total. The van der Waals surface area contributed by atoms with Crippen LogP contribution >= 0.6 is 0 Å². The first kappa shape index (κ1) is 15.8. The Morgan fingerprint density at radius 2 is 2.09 bits per heavy atom. The van der Waals surface area contributed by atoms with Crippen LogP contribution in [0.5, 0.6) is 0 Å². The summed E-state index contributed by atoms with van der Waals surface area (Å²) in [5, 5.41) is 19.2. The molecule has 1 saturated heterocycles. The van der Waals surface area contributed by atoms with Crippen molar-refractivity contribution >= 4 is 0 Å². The zero-order valence-corrected chi connectivity index (χ0v) is 13.6. The maximum absolute atomic E-state index is 10.1. The SMILES string of the molecule is Cn1cc(CN2CCCC(CO)(c3ccccc3)C2)cc1C#N. The number of aliphatic hydroxyl groups excluding tert-OH is 1. The molecule has 1 unspecified atom stereocenters. The van der Waals surface area contributed by atoms with Crippen molar-refractivity contribution in [1.29, 1.82) is 5.26 Å². The molecule has 1 aliphatic rings. The highest BCUT2D eigenvalue weighted by molar-refractivity contribution is 5.29. The van der Waals surface area contributed by atoms with Gasteiger partial charge < -0.3 is 9.67 Å². The zero-order valence-electron chi connectivity index (χ0n) is 13.6. The standard InChI is InChI=1S/C19H23N3O/c1-21-12-16(10-18(21)11-20)13-22-9-5-8-19(14-22,15-23)17-6-3-2-4-7-17/h2-4,6-7,10,12,23H,5,8-9,13-15H2,1H3. The number of piperidine rings is 1. The third kappa shape index (κ3) is 3.17. The van der Waals surface area contributed by atoms with Gasteiger partial charge in [0.25, 0.3) is 0 Å². The second-order valence-corrected chi connectivity index (χ2v) is 6.57. The van der Waals surface area contributed by atoms with Crippen LogP contribution in [0.15, 0.2) is 42.6 Å². The van der Waals surface area contributed by atoms with Crippen molar-refractivity contribution in [1.82, 2.24) is 9.47 Å². The summed E-state index contributed by atoms with van der Waals surface area (Å²) in [4.78, 5) is 2.39. The highest BCUT2D eigenvalue weighted by atomic mass is 16.3. The fourth-order valence-electron chi connectivity index (χ4n) is 3.70. The van der Waals surface area contributed by atoms with Gasteiger partial charge >= 0.3 is 0 Å². The number of nitrogens with zero attached hydrogens (tertiary/aromatic N) is 3. The van der Waals surface area contributed by atoms with Gasteiger partial charge in [0.05, 0.1) is 6.61 Å². The Bertz CT molecular complexity index is 701. The van der Waals surface area contributed by atoms with E-state index in [0.29, 0.717) is 5.69 Å². The molecule has 3 rings (SSSR count). The summed E-state index contributed by atoms with van der Waals surface area (Å²) in [5.41, 5.74) is 2.89. The summed E-state index contributed by atoms with van der Waals surface area (Å²) in [6.45, 7) is 2.88. The molecule has 0 saturated carbocycles. The molecule has 4 nitrogen and oxygen atoms in total. The zero-order chi connectivity index (χ0) is 16.3. The van der Waals surface area contributed by atoms with Crippen LogP contribution in [0.25, 0.3) is 0 Å². The van der Waals surface area contributed by atoms with Crippen LogP contribution in [0.3, 0.4) is 0 Å². The van der Waals surface area contributed by atoms with E-state index in [4.69, 9.17) is 5.26 Å². The lowest BCUT2D eigenvalue weighted by Crippen LogP contribution is -2.47. The third-order valence-electron chi connectivity index (χ3n) is 4.93. The molecule has 1 aliphatic heterocycles. The molecule has 0 aliphatic carbocycles. The summed E-state index contributed by atoms with van der Waals surface area (Å²) < 4.78 is 1.87. The smallest absolute Gasteiger partial charge is 0.120 e. The van der Waals surface area contributed by atoms with Gasteiger partial charge in [0.1, 0.15) is 11.8 Å². The largest absolute Gasteiger partial charge is 0.395 e. The molecular weight excluding hydrogens is 286 g/mol.